The van der Waals surface area contributed by atoms with Gasteiger partial charge in [0, 0.05) is 5.56 Å². The van der Waals surface area contributed by atoms with Crippen LogP contribution in [0.1, 0.15) is 35.7 Å². The molecule has 2 aromatic carbocycles. The highest BCUT2D eigenvalue weighted by molar-refractivity contribution is 5.95. The van der Waals surface area contributed by atoms with Crippen molar-refractivity contribution in [3.05, 3.63) is 59.7 Å². The number of hydrazone groups is 1. The highest BCUT2D eigenvalue weighted by Crippen LogP contribution is 2.13. The van der Waals surface area contributed by atoms with Crippen molar-refractivity contribution in [1.29, 1.82) is 0 Å². The van der Waals surface area contributed by atoms with Crippen LogP contribution in [0.25, 0.3) is 0 Å². The number of hydrogen-bond acceptors (Lipinski definition) is 4. The Bertz CT molecular complexity index is 681. The van der Waals surface area contributed by atoms with Crippen LogP contribution in [-0.2, 0) is 0 Å². The van der Waals surface area contributed by atoms with Crippen LogP contribution in [0.15, 0.2) is 53.6 Å². The minimum atomic E-state index is -0.269. The van der Waals surface area contributed by atoms with Gasteiger partial charge in [-0.3, -0.25) is 4.79 Å². The maximum Gasteiger partial charge on any atom is 0.271 e. The SMILES string of the molecule is CCCCOc1ccc(C(=O)N/N=C/c2cccc(OC)c2)cc1. The summed E-state index contributed by atoms with van der Waals surface area (Å²) in [6.07, 6.45) is 3.68. The third-order valence-corrected chi connectivity index (χ3v) is 3.36. The van der Waals surface area contributed by atoms with Gasteiger partial charge in [0.05, 0.1) is 19.9 Å². The van der Waals surface area contributed by atoms with Gasteiger partial charge in [-0.1, -0.05) is 25.5 Å². The summed E-state index contributed by atoms with van der Waals surface area (Å²) in [5, 5.41) is 3.97. The largest absolute Gasteiger partial charge is 0.497 e. The second kappa shape index (κ2) is 9.35. The van der Waals surface area contributed by atoms with Crippen LogP contribution in [0.3, 0.4) is 0 Å². The quantitative estimate of drug-likeness (QED) is 0.458. The number of hydrogen-bond donors (Lipinski definition) is 1. The number of rotatable bonds is 8. The first-order valence-corrected chi connectivity index (χ1v) is 7.93. The first-order chi connectivity index (χ1) is 11.7. The minimum absolute atomic E-state index is 0.269. The smallest absolute Gasteiger partial charge is 0.271 e. The predicted molar refractivity (Wildman–Crippen MR) is 94.9 cm³/mol. The van der Waals surface area contributed by atoms with E-state index in [2.05, 4.69) is 17.5 Å². The van der Waals surface area contributed by atoms with Crippen LogP contribution >= 0.6 is 0 Å². The van der Waals surface area contributed by atoms with Gasteiger partial charge in [-0.05, 0) is 48.4 Å². The molecule has 0 heterocycles. The average Bonchev–Trinajstić information content (AvgIpc) is 2.62. The molecular formula is C19H22N2O3. The molecule has 5 heteroatoms. The molecular weight excluding hydrogens is 304 g/mol. The molecule has 0 aliphatic carbocycles. The summed E-state index contributed by atoms with van der Waals surface area (Å²) in [5.41, 5.74) is 3.88. The lowest BCUT2D eigenvalue weighted by molar-refractivity contribution is 0.0955. The number of benzene rings is 2. The molecule has 0 radical (unpaired) electrons. The maximum absolute atomic E-state index is 12.0. The summed E-state index contributed by atoms with van der Waals surface area (Å²) in [6, 6.07) is 14.4. The van der Waals surface area contributed by atoms with E-state index in [9.17, 15) is 4.79 Å². The number of amides is 1. The van der Waals surface area contributed by atoms with Crippen LogP contribution in [0.5, 0.6) is 11.5 Å². The van der Waals surface area contributed by atoms with Gasteiger partial charge in [0.2, 0.25) is 0 Å². The van der Waals surface area contributed by atoms with Crippen molar-refractivity contribution in [2.24, 2.45) is 5.10 Å². The van der Waals surface area contributed by atoms with E-state index in [0.29, 0.717) is 12.2 Å². The van der Waals surface area contributed by atoms with Crippen molar-refractivity contribution in [2.45, 2.75) is 19.8 Å². The lowest BCUT2D eigenvalue weighted by atomic mass is 10.2. The van der Waals surface area contributed by atoms with Gasteiger partial charge in [0.25, 0.3) is 5.91 Å². The molecule has 0 saturated carbocycles. The first-order valence-electron chi connectivity index (χ1n) is 7.93. The van der Waals surface area contributed by atoms with Gasteiger partial charge < -0.3 is 9.47 Å². The Labute approximate surface area is 142 Å². The summed E-state index contributed by atoms with van der Waals surface area (Å²) in [5.74, 6) is 1.23. The van der Waals surface area contributed by atoms with E-state index in [0.717, 1.165) is 29.9 Å². The van der Waals surface area contributed by atoms with Gasteiger partial charge in [-0.25, -0.2) is 5.43 Å². The molecule has 5 nitrogen and oxygen atoms in total. The van der Waals surface area contributed by atoms with Gasteiger partial charge in [-0.15, -0.1) is 0 Å². The predicted octanol–water partition coefficient (Wildman–Crippen LogP) is 3.64. The molecule has 0 atom stereocenters. The highest BCUT2D eigenvalue weighted by atomic mass is 16.5. The van der Waals surface area contributed by atoms with Crippen molar-refractivity contribution in [2.75, 3.05) is 13.7 Å². The standard InChI is InChI=1S/C19H22N2O3/c1-3-4-12-24-17-10-8-16(9-11-17)19(22)21-20-14-15-6-5-7-18(13-15)23-2/h5-11,13-14H,3-4,12H2,1-2H3,(H,21,22)/b20-14+. The molecule has 0 aromatic heterocycles. The van der Waals surface area contributed by atoms with Gasteiger partial charge in [0.1, 0.15) is 11.5 Å². The Morgan fingerprint density at radius 2 is 1.96 bits per heavy atom. The van der Waals surface area contributed by atoms with Gasteiger partial charge >= 0.3 is 0 Å². The second-order valence-electron chi connectivity index (χ2n) is 5.20. The lowest BCUT2D eigenvalue weighted by Crippen LogP contribution is -2.17. The van der Waals surface area contributed by atoms with Crippen molar-refractivity contribution in [3.8, 4) is 11.5 Å². The van der Waals surface area contributed by atoms with Crippen LogP contribution in [0.4, 0.5) is 0 Å². The van der Waals surface area contributed by atoms with Crippen molar-refractivity contribution < 1.29 is 14.3 Å². The number of methoxy groups -OCH3 is 1. The van der Waals surface area contributed by atoms with E-state index < -0.39 is 0 Å². The van der Waals surface area contributed by atoms with E-state index in [4.69, 9.17) is 9.47 Å². The third kappa shape index (κ3) is 5.43. The Hall–Kier alpha value is -2.82. The van der Waals surface area contributed by atoms with Crippen LogP contribution in [0, 0.1) is 0 Å². The fraction of sp³-hybridized carbons (Fsp3) is 0.263. The zero-order chi connectivity index (χ0) is 17.2. The van der Waals surface area contributed by atoms with Crippen LogP contribution in [-0.4, -0.2) is 25.8 Å². The number of nitrogens with zero attached hydrogens (tertiary/aromatic N) is 1. The number of carbonyl (C=O) groups is 1. The topological polar surface area (TPSA) is 59.9 Å². The van der Waals surface area contributed by atoms with E-state index in [-0.39, 0.29) is 5.91 Å². The zero-order valence-electron chi connectivity index (χ0n) is 14.0. The molecule has 0 bridgehead atoms. The summed E-state index contributed by atoms with van der Waals surface area (Å²) in [4.78, 5) is 12.0. The number of nitrogens with one attached hydrogen (secondary N) is 1. The summed E-state index contributed by atoms with van der Waals surface area (Å²) in [6.45, 7) is 2.80. The van der Waals surface area contributed by atoms with E-state index in [1.54, 1.807) is 37.6 Å². The average molecular weight is 326 g/mol. The van der Waals surface area contributed by atoms with E-state index in [1.807, 2.05) is 24.3 Å². The van der Waals surface area contributed by atoms with Crippen molar-refractivity contribution >= 4 is 12.1 Å². The molecule has 0 aliphatic heterocycles. The molecule has 0 fully saturated rings. The molecule has 1 amide bonds. The third-order valence-electron chi connectivity index (χ3n) is 3.36. The molecule has 2 aromatic rings. The molecule has 0 saturated heterocycles. The Kier molecular flexibility index (Phi) is 6.83. The van der Waals surface area contributed by atoms with Gasteiger partial charge in [0.15, 0.2) is 0 Å². The molecule has 126 valence electrons. The summed E-state index contributed by atoms with van der Waals surface area (Å²) in [7, 11) is 1.60. The number of ether oxygens (including phenoxy) is 2. The molecule has 0 unspecified atom stereocenters. The Balaban J connectivity index is 1.88. The first kappa shape index (κ1) is 17.5. The van der Waals surface area contributed by atoms with E-state index in [1.165, 1.54) is 0 Å². The Morgan fingerprint density at radius 3 is 2.67 bits per heavy atom. The molecule has 0 aliphatic rings. The van der Waals surface area contributed by atoms with Crippen LogP contribution < -0.4 is 14.9 Å². The monoisotopic (exact) mass is 326 g/mol. The maximum atomic E-state index is 12.0. The molecule has 24 heavy (non-hydrogen) atoms. The summed E-state index contributed by atoms with van der Waals surface area (Å²) >= 11 is 0. The van der Waals surface area contributed by atoms with E-state index >= 15 is 0 Å². The summed E-state index contributed by atoms with van der Waals surface area (Å²) < 4.78 is 10.7. The Morgan fingerprint density at radius 1 is 1.17 bits per heavy atom. The molecule has 1 N–H and O–H groups in total. The number of carbonyl (C=O) groups excluding carboxylic acids is 1. The highest BCUT2D eigenvalue weighted by Gasteiger charge is 2.04. The van der Waals surface area contributed by atoms with Gasteiger partial charge in [-0.2, -0.15) is 5.10 Å². The normalized spacial score (nSPS) is 10.6. The molecule has 2 rings (SSSR count). The van der Waals surface area contributed by atoms with Crippen molar-refractivity contribution in [3.63, 3.8) is 0 Å². The minimum Gasteiger partial charge on any atom is -0.497 e. The van der Waals surface area contributed by atoms with Crippen molar-refractivity contribution in [1.82, 2.24) is 5.43 Å². The fourth-order valence-electron chi connectivity index (χ4n) is 1.99. The van der Waals surface area contributed by atoms with Crippen LogP contribution in [0.2, 0.25) is 0 Å². The fourth-order valence-corrected chi connectivity index (χ4v) is 1.99. The second-order valence-corrected chi connectivity index (χ2v) is 5.20. The zero-order valence-corrected chi connectivity index (χ0v) is 14.0. The number of unbranched alkanes of at least 4 members (excludes halogenated alkanes) is 1. The lowest BCUT2D eigenvalue weighted by Gasteiger charge is -2.06. The molecule has 0 spiro atoms.